The highest BCUT2D eigenvalue weighted by atomic mass is 16.5. The van der Waals surface area contributed by atoms with E-state index in [1.165, 1.54) is 0 Å². The van der Waals surface area contributed by atoms with Crippen LogP contribution >= 0.6 is 0 Å². The summed E-state index contributed by atoms with van der Waals surface area (Å²) in [5.41, 5.74) is 2.41. The summed E-state index contributed by atoms with van der Waals surface area (Å²) in [6.07, 6.45) is 0. The van der Waals surface area contributed by atoms with Gasteiger partial charge in [0.1, 0.15) is 37.0 Å². The molecule has 8 nitrogen and oxygen atoms in total. The normalized spacial score (nSPS) is 10.6. The van der Waals surface area contributed by atoms with E-state index in [-0.39, 0.29) is 31.2 Å². The van der Waals surface area contributed by atoms with Crippen LogP contribution in [0.4, 0.5) is 0 Å². The Kier molecular flexibility index (Phi) is 8.71. The van der Waals surface area contributed by atoms with Crippen LogP contribution < -0.4 is 19.5 Å². The molecule has 41 heavy (non-hydrogen) atoms. The van der Waals surface area contributed by atoms with Crippen LogP contribution in [-0.2, 0) is 22.7 Å². The highest BCUT2D eigenvalue weighted by molar-refractivity contribution is 5.99. The summed E-state index contributed by atoms with van der Waals surface area (Å²) >= 11 is 0. The molecule has 0 atom stereocenters. The molecule has 5 rings (SSSR count). The summed E-state index contributed by atoms with van der Waals surface area (Å²) in [5.74, 6) is 1.04. The van der Waals surface area contributed by atoms with Crippen molar-refractivity contribution < 1.29 is 28.5 Å². The van der Waals surface area contributed by atoms with Crippen LogP contribution in [0.2, 0.25) is 0 Å². The first-order chi connectivity index (χ1) is 20.1. The molecule has 8 heteroatoms. The Hall–Kier alpha value is -5.37. The number of pyridine rings is 1. The molecule has 5 aromatic rings. The van der Waals surface area contributed by atoms with Gasteiger partial charge in [0.2, 0.25) is 0 Å². The molecule has 1 aromatic heterocycles. The molecular weight excluding hydrogens is 520 g/mol. The summed E-state index contributed by atoms with van der Waals surface area (Å²) in [7, 11) is 1.60. The van der Waals surface area contributed by atoms with Crippen molar-refractivity contribution in [3.05, 3.63) is 126 Å². The van der Waals surface area contributed by atoms with Crippen molar-refractivity contribution in [2.75, 3.05) is 13.7 Å². The van der Waals surface area contributed by atoms with Crippen LogP contribution in [0.3, 0.4) is 0 Å². The molecule has 0 fully saturated rings. The summed E-state index contributed by atoms with van der Waals surface area (Å²) < 4.78 is 22.6. The summed E-state index contributed by atoms with van der Waals surface area (Å²) in [6, 6.07) is 33.3. The minimum atomic E-state index is -0.561. The predicted octanol–water partition coefficient (Wildman–Crippen LogP) is 6.09. The van der Waals surface area contributed by atoms with Crippen LogP contribution in [0.15, 0.2) is 109 Å². The number of hydrogen-bond acceptors (Lipinski definition) is 7. The van der Waals surface area contributed by atoms with E-state index in [1.807, 2.05) is 84.9 Å². The number of fused-ring (bicyclic) bond motifs is 1. The number of carbonyl (C=O) groups excluding carboxylic acids is 2. The molecule has 1 N–H and O–H groups in total. The maximum Gasteiger partial charge on any atom is 0.325 e. The largest absolute Gasteiger partial charge is 0.497 e. The first-order valence-corrected chi connectivity index (χ1v) is 13.0. The van der Waals surface area contributed by atoms with Crippen LogP contribution in [0, 0.1) is 0 Å². The van der Waals surface area contributed by atoms with Crippen molar-refractivity contribution in [1.29, 1.82) is 0 Å². The minimum absolute atomic E-state index is 0.0609. The number of carbonyl (C=O) groups is 2. The van der Waals surface area contributed by atoms with Gasteiger partial charge in [-0.25, -0.2) is 4.98 Å². The zero-order chi connectivity index (χ0) is 28.4. The Labute approximate surface area is 237 Å². The maximum absolute atomic E-state index is 13.2. The van der Waals surface area contributed by atoms with Gasteiger partial charge in [-0.15, -0.1) is 0 Å². The van der Waals surface area contributed by atoms with Gasteiger partial charge in [0.25, 0.3) is 5.91 Å². The van der Waals surface area contributed by atoms with Crippen molar-refractivity contribution in [1.82, 2.24) is 10.3 Å². The molecule has 0 radical (unpaired) electrons. The minimum Gasteiger partial charge on any atom is -0.497 e. The number of esters is 1. The molecule has 4 aromatic carbocycles. The second-order valence-electron chi connectivity index (χ2n) is 9.07. The first kappa shape index (κ1) is 27.2. The van der Waals surface area contributed by atoms with E-state index < -0.39 is 11.9 Å². The van der Waals surface area contributed by atoms with E-state index in [9.17, 15) is 9.59 Å². The smallest absolute Gasteiger partial charge is 0.325 e. The van der Waals surface area contributed by atoms with Gasteiger partial charge in [-0.05, 0) is 47.5 Å². The number of nitrogens with zero attached hydrogens (tertiary/aromatic N) is 1. The molecule has 0 aliphatic carbocycles. The molecule has 0 saturated heterocycles. The van der Waals surface area contributed by atoms with Crippen LogP contribution in [0.1, 0.15) is 21.6 Å². The van der Waals surface area contributed by atoms with E-state index in [1.54, 1.807) is 31.4 Å². The number of rotatable bonds is 11. The second-order valence-corrected chi connectivity index (χ2v) is 9.07. The van der Waals surface area contributed by atoms with Gasteiger partial charge in [-0.1, -0.05) is 66.7 Å². The molecule has 1 amide bonds. The lowest BCUT2D eigenvalue weighted by atomic mass is 10.1. The van der Waals surface area contributed by atoms with Crippen molar-refractivity contribution >= 4 is 22.8 Å². The van der Waals surface area contributed by atoms with Crippen molar-refractivity contribution in [3.8, 4) is 23.0 Å². The van der Waals surface area contributed by atoms with E-state index >= 15 is 0 Å². The third-order valence-corrected chi connectivity index (χ3v) is 6.12. The van der Waals surface area contributed by atoms with Gasteiger partial charge >= 0.3 is 5.97 Å². The monoisotopic (exact) mass is 548 g/mol. The summed E-state index contributed by atoms with van der Waals surface area (Å²) in [5, 5.41) is 3.32. The summed E-state index contributed by atoms with van der Waals surface area (Å²) in [4.78, 5) is 30.0. The van der Waals surface area contributed by atoms with E-state index in [2.05, 4.69) is 10.3 Å². The van der Waals surface area contributed by atoms with Crippen molar-refractivity contribution in [3.63, 3.8) is 0 Å². The number of ether oxygens (including phenoxy) is 4. The molecular formula is C33H28N2O6. The molecule has 0 aliphatic rings. The zero-order valence-corrected chi connectivity index (χ0v) is 22.4. The second kappa shape index (κ2) is 13.1. The summed E-state index contributed by atoms with van der Waals surface area (Å²) in [6.45, 7) is 0.0413. The Morgan fingerprint density at radius 3 is 2.15 bits per heavy atom. The molecule has 1 heterocycles. The SMILES string of the molecule is COc1cccc(Oc2ccc3nc(C(=O)NCC(=O)OCc4ccccc4)c(OCc4ccccc4)cc3c2)c1. The Morgan fingerprint density at radius 1 is 0.732 bits per heavy atom. The standard InChI is InChI=1S/C33H28N2O6/c1-38-26-13-8-14-27(19-26)41-28-15-16-29-25(17-28)18-30(39-21-23-9-4-2-5-10-23)32(35-29)33(37)34-20-31(36)40-22-24-11-6-3-7-12-24/h2-19H,20-22H2,1H3,(H,34,37). The van der Waals surface area contributed by atoms with E-state index in [4.69, 9.17) is 18.9 Å². The van der Waals surface area contributed by atoms with Gasteiger partial charge in [0, 0.05) is 11.5 Å². The fraction of sp³-hybridized carbons (Fsp3) is 0.121. The molecule has 0 spiro atoms. The van der Waals surface area contributed by atoms with Gasteiger partial charge in [-0.2, -0.15) is 0 Å². The third-order valence-electron chi connectivity index (χ3n) is 6.12. The average Bonchev–Trinajstić information content (AvgIpc) is 3.02. The number of benzene rings is 4. The number of aromatic nitrogens is 1. The molecule has 0 bridgehead atoms. The highest BCUT2D eigenvalue weighted by Gasteiger charge is 2.18. The highest BCUT2D eigenvalue weighted by Crippen LogP contribution is 2.30. The number of nitrogens with one attached hydrogen (secondary N) is 1. The quantitative estimate of drug-likeness (QED) is 0.200. The number of hydrogen-bond donors (Lipinski definition) is 1. The Balaban J connectivity index is 1.34. The van der Waals surface area contributed by atoms with Gasteiger partial charge in [0.15, 0.2) is 11.4 Å². The van der Waals surface area contributed by atoms with E-state index in [0.29, 0.717) is 28.2 Å². The fourth-order valence-electron chi connectivity index (χ4n) is 4.03. The molecule has 0 aliphatic heterocycles. The zero-order valence-electron chi connectivity index (χ0n) is 22.4. The van der Waals surface area contributed by atoms with E-state index in [0.717, 1.165) is 11.1 Å². The van der Waals surface area contributed by atoms with Crippen molar-refractivity contribution in [2.45, 2.75) is 13.2 Å². The lowest BCUT2D eigenvalue weighted by Crippen LogP contribution is -2.31. The number of amides is 1. The molecule has 206 valence electrons. The Bertz CT molecular complexity index is 1640. The topological polar surface area (TPSA) is 96.0 Å². The Morgan fingerprint density at radius 2 is 1.41 bits per heavy atom. The lowest BCUT2D eigenvalue weighted by molar-refractivity contribution is -0.143. The van der Waals surface area contributed by atoms with Gasteiger partial charge < -0.3 is 24.3 Å². The molecule has 0 unspecified atom stereocenters. The first-order valence-electron chi connectivity index (χ1n) is 13.0. The van der Waals surface area contributed by atoms with Gasteiger partial charge in [-0.3, -0.25) is 9.59 Å². The number of methoxy groups -OCH3 is 1. The molecule has 0 saturated carbocycles. The third kappa shape index (κ3) is 7.39. The van der Waals surface area contributed by atoms with Gasteiger partial charge in [0.05, 0.1) is 12.6 Å². The average molecular weight is 549 g/mol. The predicted molar refractivity (Wildman–Crippen MR) is 154 cm³/mol. The van der Waals surface area contributed by atoms with Crippen LogP contribution in [0.25, 0.3) is 10.9 Å². The van der Waals surface area contributed by atoms with Crippen LogP contribution in [0.5, 0.6) is 23.0 Å². The maximum atomic E-state index is 13.2. The van der Waals surface area contributed by atoms with Crippen molar-refractivity contribution in [2.24, 2.45) is 0 Å². The van der Waals surface area contributed by atoms with Crippen LogP contribution in [-0.4, -0.2) is 30.5 Å². The lowest BCUT2D eigenvalue weighted by Gasteiger charge is -2.14. The fourth-order valence-corrected chi connectivity index (χ4v) is 4.03.